The number of benzene rings is 2. The Labute approximate surface area is 184 Å². The van der Waals surface area contributed by atoms with E-state index in [1.807, 2.05) is 18.2 Å². The van der Waals surface area contributed by atoms with Crippen molar-refractivity contribution in [2.24, 2.45) is 0 Å². The number of carboxylic acids is 1. The summed E-state index contributed by atoms with van der Waals surface area (Å²) in [6.45, 7) is 2.16. The van der Waals surface area contributed by atoms with Crippen LogP contribution in [0.5, 0.6) is 0 Å². The van der Waals surface area contributed by atoms with Gasteiger partial charge in [-0.15, -0.1) is 0 Å². The van der Waals surface area contributed by atoms with Gasteiger partial charge in [0.05, 0.1) is 6.61 Å². The molecule has 0 aromatic heterocycles. The Morgan fingerprint density at radius 2 is 1.70 bits per heavy atom. The summed E-state index contributed by atoms with van der Waals surface area (Å²) in [4.78, 5) is 28.9. The molecule has 158 valence electrons. The van der Waals surface area contributed by atoms with Gasteiger partial charge >= 0.3 is 5.97 Å². The number of rotatable bonds is 4. The van der Waals surface area contributed by atoms with Crippen molar-refractivity contribution in [2.75, 3.05) is 19.7 Å². The van der Waals surface area contributed by atoms with E-state index in [2.05, 4.69) is 17.0 Å². The fourth-order valence-corrected chi connectivity index (χ4v) is 4.80. The Bertz CT molecular complexity index is 925. The minimum Gasteiger partial charge on any atom is -0.480 e. The van der Waals surface area contributed by atoms with E-state index in [1.165, 1.54) is 28.7 Å². The SMILES string of the molecule is O=C(O)[C@H]1COC2(CCN(Cc3ccccc3)CC2)N1C(=O)c1cc(Cl)cc(Cl)c1. The molecule has 2 heterocycles. The van der Waals surface area contributed by atoms with Crippen LogP contribution in [0.1, 0.15) is 28.8 Å². The molecule has 1 atom stereocenters. The van der Waals surface area contributed by atoms with Crippen LogP contribution in [-0.2, 0) is 16.1 Å². The highest BCUT2D eigenvalue weighted by Crippen LogP contribution is 2.39. The minimum atomic E-state index is -1.08. The molecule has 0 aliphatic carbocycles. The zero-order valence-corrected chi connectivity index (χ0v) is 17.8. The summed E-state index contributed by atoms with van der Waals surface area (Å²) in [5.74, 6) is -1.51. The lowest BCUT2D eigenvalue weighted by Gasteiger charge is -2.44. The summed E-state index contributed by atoms with van der Waals surface area (Å²) >= 11 is 12.1. The van der Waals surface area contributed by atoms with Gasteiger partial charge in [0, 0.05) is 48.1 Å². The Morgan fingerprint density at radius 3 is 2.30 bits per heavy atom. The first-order chi connectivity index (χ1) is 14.4. The maximum absolute atomic E-state index is 13.4. The molecule has 6 nitrogen and oxygen atoms in total. The van der Waals surface area contributed by atoms with Crippen LogP contribution in [-0.4, -0.2) is 58.2 Å². The van der Waals surface area contributed by atoms with Crippen LogP contribution < -0.4 is 0 Å². The van der Waals surface area contributed by atoms with E-state index in [-0.39, 0.29) is 12.2 Å². The molecule has 0 bridgehead atoms. The molecule has 2 aromatic rings. The van der Waals surface area contributed by atoms with Crippen LogP contribution in [0.3, 0.4) is 0 Å². The zero-order chi connectivity index (χ0) is 21.3. The molecular formula is C22H22Cl2N2O4. The molecule has 2 aromatic carbocycles. The van der Waals surface area contributed by atoms with Gasteiger partial charge in [-0.2, -0.15) is 0 Å². The Hall–Kier alpha value is -2.12. The molecule has 1 spiro atoms. The third kappa shape index (κ3) is 4.18. The second-order valence-electron chi connectivity index (χ2n) is 7.71. The van der Waals surface area contributed by atoms with Crippen molar-refractivity contribution in [3.63, 3.8) is 0 Å². The molecule has 1 amide bonds. The molecule has 0 radical (unpaired) electrons. The first-order valence-corrected chi connectivity index (χ1v) is 10.6. The quantitative estimate of drug-likeness (QED) is 0.767. The van der Waals surface area contributed by atoms with E-state index in [0.29, 0.717) is 36.0 Å². The number of ether oxygens (including phenoxy) is 1. The molecule has 2 fully saturated rings. The van der Waals surface area contributed by atoms with E-state index >= 15 is 0 Å². The highest BCUT2D eigenvalue weighted by Gasteiger charge is 2.54. The number of amides is 1. The number of aliphatic carboxylic acids is 1. The summed E-state index contributed by atoms with van der Waals surface area (Å²) < 4.78 is 6.00. The smallest absolute Gasteiger partial charge is 0.328 e. The summed E-state index contributed by atoms with van der Waals surface area (Å²) in [6, 6.07) is 13.7. The number of nitrogens with zero attached hydrogens (tertiary/aromatic N) is 2. The van der Waals surface area contributed by atoms with Crippen LogP contribution in [0.25, 0.3) is 0 Å². The molecule has 2 aliphatic heterocycles. The summed E-state index contributed by atoms with van der Waals surface area (Å²) in [6.07, 6.45) is 1.06. The summed E-state index contributed by atoms with van der Waals surface area (Å²) in [5.41, 5.74) is 0.531. The number of carbonyl (C=O) groups excluding carboxylic acids is 1. The highest BCUT2D eigenvalue weighted by atomic mass is 35.5. The average molecular weight is 449 g/mol. The van der Waals surface area contributed by atoms with Gasteiger partial charge in [-0.1, -0.05) is 53.5 Å². The summed E-state index contributed by atoms with van der Waals surface area (Å²) in [7, 11) is 0. The number of carbonyl (C=O) groups is 2. The van der Waals surface area contributed by atoms with Gasteiger partial charge in [-0.05, 0) is 23.8 Å². The Balaban J connectivity index is 1.56. The normalized spacial score (nSPS) is 21.1. The van der Waals surface area contributed by atoms with Gasteiger partial charge in [0.2, 0.25) is 0 Å². The van der Waals surface area contributed by atoms with E-state index < -0.39 is 23.6 Å². The van der Waals surface area contributed by atoms with E-state index in [4.69, 9.17) is 27.9 Å². The van der Waals surface area contributed by atoms with Crippen LogP contribution in [0, 0.1) is 0 Å². The number of hydrogen-bond donors (Lipinski definition) is 1. The van der Waals surface area contributed by atoms with Gasteiger partial charge in [-0.25, -0.2) is 4.79 Å². The molecule has 2 saturated heterocycles. The van der Waals surface area contributed by atoms with Crippen molar-refractivity contribution in [3.05, 3.63) is 69.7 Å². The van der Waals surface area contributed by atoms with Crippen LogP contribution in [0.4, 0.5) is 0 Å². The Kier molecular flexibility index (Phi) is 6.02. The highest BCUT2D eigenvalue weighted by molar-refractivity contribution is 6.35. The average Bonchev–Trinajstić information content (AvgIpc) is 3.08. The maximum atomic E-state index is 13.4. The number of hydrogen-bond acceptors (Lipinski definition) is 4. The van der Waals surface area contributed by atoms with Gasteiger partial charge in [-0.3, -0.25) is 14.6 Å². The zero-order valence-electron chi connectivity index (χ0n) is 16.3. The van der Waals surface area contributed by atoms with Gasteiger partial charge in [0.25, 0.3) is 5.91 Å². The van der Waals surface area contributed by atoms with Crippen LogP contribution >= 0.6 is 23.2 Å². The molecule has 8 heteroatoms. The van der Waals surface area contributed by atoms with Gasteiger partial charge in [0.1, 0.15) is 5.72 Å². The maximum Gasteiger partial charge on any atom is 0.328 e. The molecule has 0 saturated carbocycles. The second-order valence-corrected chi connectivity index (χ2v) is 8.58. The van der Waals surface area contributed by atoms with E-state index in [9.17, 15) is 14.7 Å². The lowest BCUT2D eigenvalue weighted by molar-refractivity contribution is -0.144. The van der Waals surface area contributed by atoms with E-state index in [1.54, 1.807) is 0 Å². The topological polar surface area (TPSA) is 70.1 Å². The predicted molar refractivity (Wildman–Crippen MR) is 114 cm³/mol. The van der Waals surface area contributed by atoms with Crippen molar-refractivity contribution >= 4 is 35.1 Å². The monoisotopic (exact) mass is 448 g/mol. The third-order valence-electron chi connectivity index (χ3n) is 5.76. The number of halogens is 2. The molecule has 2 aliphatic rings. The third-order valence-corrected chi connectivity index (χ3v) is 6.20. The summed E-state index contributed by atoms with van der Waals surface area (Å²) in [5, 5.41) is 10.4. The number of likely N-dealkylation sites (tertiary alicyclic amines) is 1. The van der Waals surface area contributed by atoms with Crippen LogP contribution in [0.2, 0.25) is 10.0 Å². The molecule has 1 N–H and O–H groups in total. The van der Waals surface area contributed by atoms with Crippen molar-refractivity contribution in [2.45, 2.75) is 31.2 Å². The predicted octanol–water partition coefficient (Wildman–Crippen LogP) is 3.91. The molecular weight excluding hydrogens is 427 g/mol. The first kappa shape index (κ1) is 21.1. The van der Waals surface area contributed by atoms with Gasteiger partial charge < -0.3 is 9.84 Å². The molecule has 4 rings (SSSR count). The van der Waals surface area contributed by atoms with Crippen molar-refractivity contribution < 1.29 is 19.4 Å². The van der Waals surface area contributed by atoms with Crippen molar-refractivity contribution in [1.29, 1.82) is 0 Å². The standard InChI is InChI=1S/C22H22Cl2N2O4/c23-17-10-16(11-18(24)12-17)20(27)26-19(21(28)29)14-30-22(26)6-8-25(9-7-22)13-15-4-2-1-3-5-15/h1-5,10-12,19H,6-9,13-14H2,(H,28,29)/t19-/m1/s1. The second kappa shape index (κ2) is 8.55. The van der Waals surface area contributed by atoms with Crippen molar-refractivity contribution in [3.8, 4) is 0 Å². The number of carboxylic acid groups (broad SMARTS) is 1. The number of piperidine rings is 1. The van der Waals surface area contributed by atoms with Crippen molar-refractivity contribution in [1.82, 2.24) is 9.80 Å². The lowest BCUT2D eigenvalue weighted by atomic mass is 9.96. The molecule has 30 heavy (non-hydrogen) atoms. The molecule has 0 unspecified atom stereocenters. The van der Waals surface area contributed by atoms with Crippen LogP contribution in [0.15, 0.2) is 48.5 Å². The lowest BCUT2D eigenvalue weighted by Crippen LogP contribution is -2.58. The van der Waals surface area contributed by atoms with Gasteiger partial charge in [0.15, 0.2) is 6.04 Å². The largest absolute Gasteiger partial charge is 0.480 e. The Morgan fingerprint density at radius 1 is 1.07 bits per heavy atom. The minimum absolute atomic E-state index is 0.0337. The fraction of sp³-hybridized carbons (Fsp3) is 0.364. The first-order valence-electron chi connectivity index (χ1n) is 9.81. The fourth-order valence-electron chi connectivity index (χ4n) is 4.27. The van der Waals surface area contributed by atoms with E-state index in [0.717, 1.165) is 6.54 Å².